The van der Waals surface area contributed by atoms with Crippen LogP contribution in [0.3, 0.4) is 0 Å². The molecule has 2 aliphatic rings. The van der Waals surface area contributed by atoms with Crippen LogP contribution in [-0.4, -0.2) is 56.0 Å². The molecule has 33 heavy (non-hydrogen) atoms. The molecule has 0 radical (unpaired) electrons. The summed E-state index contributed by atoms with van der Waals surface area (Å²) in [6.45, 7) is 3.58. The largest absolute Gasteiger partial charge is 0.310 e. The number of likely N-dealkylation sites (tertiary alicyclic amines) is 1. The van der Waals surface area contributed by atoms with Crippen LogP contribution < -0.4 is 16.2 Å². The molecule has 3 aromatic rings. The minimum atomic E-state index is -0.374. The summed E-state index contributed by atoms with van der Waals surface area (Å²) in [5.74, 6) is 0.932. The summed E-state index contributed by atoms with van der Waals surface area (Å²) in [7, 11) is 0. The predicted octanol–water partition coefficient (Wildman–Crippen LogP) is 1.46. The first-order valence-electron chi connectivity index (χ1n) is 11.3. The summed E-state index contributed by atoms with van der Waals surface area (Å²) < 4.78 is 15.3. The van der Waals surface area contributed by atoms with Crippen LogP contribution in [0.2, 0.25) is 0 Å². The summed E-state index contributed by atoms with van der Waals surface area (Å²) >= 11 is 0. The van der Waals surface area contributed by atoms with E-state index in [2.05, 4.69) is 30.5 Å². The van der Waals surface area contributed by atoms with Crippen LogP contribution in [0.25, 0.3) is 11.0 Å². The van der Waals surface area contributed by atoms with Crippen molar-refractivity contribution in [1.82, 2.24) is 29.7 Å². The molecule has 2 aromatic heterocycles. The van der Waals surface area contributed by atoms with Gasteiger partial charge in [0.25, 0.3) is 5.56 Å². The van der Waals surface area contributed by atoms with Gasteiger partial charge >= 0.3 is 0 Å². The van der Waals surface area contributed by atoms with Gasteiger partial charge < -0.3 is 20.1 Å². The Hall–Kier alpha value is -3.24. The number of aryl methyl sites for hydroxylation is 1. The Kier molecular flexibility index (Phi) is 6.10. The van der Waals surface area contributed by atoms with Crippen molar-refractivity contribution in [1.29, 1.82) is 0 Å². The Morgan fingerprint density at radius 3 is 2.79 bits per heavy atom. The van der Waals surface area contributed by atoms with Crippen LogP contribution in [-0.2, 0) is 24.3 Å². The number of aromatic nitrogens is 4. The van der Waals surface area contributed by atoms with Crippen molar-refractivity contribution < 1.29 is 9.18 Å². The second-order valence-electron chi connectivity index (χ2n) is 8.59. The zero-order valence-electron chi connectivity index (χ0n) is 18.3. The van der Waals surface area contributed by atoms with Crippen molar-refractivity contribution in [2.24, 2.45) is 0 Å². The van der Waals surface area contributed by atoms with Gasteiger partial charge in [-0.15, -0.1) is 0 Å². The number of nitrogens with zero attached hydrogens (tertiary/aromatic N) is 5. The third-order valence-electron chi connectivity index (χ3n) is 6.38. The van der Waals surface area contributed by atoms with Crippen molar-refractivity contribution in [3.05, 3.63) is 58.2 Å². The average molecular weight is 452 g/mol. The number of piperidine rings is 1. The summed E-state index contributed by atoms with van der Waals surface area (Å²) in [5, 5.41) is 6.34. The number of rotatable bonds is 6. The molecule has 1 aromatic carbocycles. The molecular formula is C23H26FN7O2. The minimum Gasteiger partial charge on any atom is -0.310 e. The summed E-state index contributed by atoms with van der Waals surface area (Å²) in [6.07, 6.45) is 6.21. The SMILES string of the molecule is O=C1CCc2cnc(CNC3CCN(CCn4c(=O)cnc5ccc(F)cc54)CC3)nc2N1. The minimum absolute atomic E-state index is 0.000331. The number of fused-ring (bicyclic) bond motifs is 2. The van der Waals surface area contributed by atoms with Gasteiger partial charge in [-0.2, -0.15) is 0 Å². The maximum absolute atomic E-state index is 13.7. The van der Waals surface area contributed by atoms with E-state index in [4.69, 9.17) is 0 Å². The Morgan fingerprint density at radius 1 is 1.09 bits per heavy atom. The number of halogens is 1. The third-order valence-corrected chi connectivity index (χ3v) is 6.38. The van der Waals surface area contributed by atoms with E-state index in [9.17, 15) is 14.0 Å². The second kappa shape index (κ2) is 9.32. The zero-order valence-corrected chi connectivity index (χ0v) is 18.3. The molecule has 10 heteroatoms. The molecule has 5 rings (SSSR count). The summed E-state index contributed by atoms with van der Waals surface area (Å²) in [4.78, 5) is 39.2. The zero-order chi connectivity index (χ0) is 22.8. The molecular weight excluding hydrogens is 425 g/mol. The maximum Gasteiger partial charge on any atom is 0.269 e. The first kappa shape index (κ1) is 21.6. The van der Waals surface area contributed by atoms with Gasteiger partial charge in [0, 0.05) is 37.3 Å². The first-order valence-corrected chi connectivity index (χ1v) is 11.3. The van der Waals surface area contributed by atoms with E-state index in [-0.39, 0.29) is 17.3 Å². The molecule has 0 saturated carbocycles. The van der Waals surface area contributed by atoms with Crippen molar-refractivity contribution in [2.45, 2.75) is 44.8 Å². The molecule has 2 aliphatic heterocycles. The number of amides is 1. The number of nitrogens with one attached hydrogen (secondary N) is 2. The van der Waals surface area contributed by atoms with Crippen LogP contribution in [0.4, 0.5) is 10.2 Å². The Labute approximate surface area is 190 Å². The molecule has 1 fully saturated rings. The third kappa shape index (κ3) is 4.91. The van der Waals surface area contributed by atoms with E-state index in [1.807, 2.05) is 0 Å². The van der Waals surface area contributed by atoms with Gasteiger partial charge in [-0.1, -0.05) is 0 Å². The van der Waals surface area contributed by atoms with Gasteiger partial charge in [-0.3, -0.25) is 9.59 Å². The number of carbonyl (C=O) groups is 1. The lowest BCUT2D eigenvalue weighted by Gasteiger charge is -2.32. The van der Waals surface area contributed by atoms with Gasteiger partial charge in [0.2, 0.25) is 5.91 Å². The molecule has 0 atom stereocenters. The van der Waals surface area contributed by atoms with Crippen molar-refractivity contribution in [2.75, 3.05) is 25.0 Å². The van der Waals surface area contributed by atoms with Crippen LogP contribution >= 0.6 is 0 Å². The normalized spacial score (nSPS) is 17.2. The highest BCUT2D eigenvalue weighted by Crippen LogP contribution is 2.19. The van der Waals surface area contributed by atoms with Gasteiger partial charge in [-0.25, -0.2) is 19.3 Å². The Bertz CT molecular complexity index is 1240. The number of hydrogen-bond donors (Lipinski definition) is 2. The van der Waals surface area contributed by atoms with Crippen molar-refractivity contribution in [3.63, 3.8) is 0 Å². The molecule has 2 N–H and O–H groups in total. The summed E-state index contributed by atoms with van der Waals surface area (Å²) in [5.41, 5.74) is 1.91. The number of carbonyl (C=O) groups excluding carboxylic acids is 1. The fraction of sp³-hybridized carbons (Fsp3) is 0.435. The van der Waals surface area contributed by atoms with E-state index in [0.29, 0.717) is 54.6 Å². The monoisotopic (exact) mass is 451 g/mol. The van der Waals surface area contributed by atoms with E-state index >= 15 is 0 Å². The quantitative estimate of drug-likeness (QED) is 0.585. The van der Waals surface area contributed by atoms with E-state index in [1.54, 1.807) is 16.8 Å². The number of anilines is 1. The standard InChI is InChI=1S/C23H26FN7O2/c24-16-2-3-18-19(11-16)31(22(33)14-26-18)10-9-30-7-5-17(6-8-30)25-13-20-27-12-15-1-4-21(32)29-23(15)28-20/h2-3,11-12,14,17,25H,1,4-10,13H2,(H,27,28,29,32). The van der Waals surface area contributed by atoms with Crippen molar-refractivity contribution in [3.8, 4) is 0 Å². The smallest absolute Gasteiger partial charge is 0.269 e. The second-order valence-corrected chi connectivity index (χ2v) is 8.59. The highest BCUT2D eigenvalue weighted by atomic mass is 19.1. The molecule has 1 amide bonds. The average Bonchev–Trinajstić information content (AvgIpc) is 2.82. The molecule has 172 valence electrons. The summed E-state index contributed by atoms with van der Waals surface area (Å²) in [6, 6.07) is 4.67. The Morgan fingerprint density at radius 2 is 1.94 bits per heavy atom. The molecule has 9 nitrogen and oxygen atoms in total. The van der Waals surface area contributed by atoms with Gasteiger partial charge in [0.1, 0.15) is 17.5 Å². The van der Waals surface area contributed by atoms with E-state index < -0.39 is 0 Å². The highest BCUT2D eigenvalue weighted by molar-refractivity contribution is 5.92. The van der Waals surface area contributed by atoms with E-state index in [1.165, 1.54) is 18.3 Å². The van der Waals surface area contributed by atoms with E-state index in [0.717, 1.165) is 38.0 Å². The first-order chi connectivity index (χ1) is 16.0. The predicted molar refractivity (Wildman–Crippen MR) is 121 cm³/mol. The van der Waals surface area contributed by atoms with Crippen LogP contribution in [0, 0.1) is 5.82 Å². The Balaban J connectivity index is 1.13. The lowest BCUT2D eigenvalue weighted by atomic mass is 10.1. The molecule has 0 bridgehead atoms. The number of benzene rings is 1. The fourth-order valence-electron chi connectivity index (χ4n) is 4.47. The molecule has 0 aliphatic carbocycles. The molecule has 0 spiro atoms. The maximum atomic E-state index is 13.7. The fourth-order valence-corrected chi connectivity index (χ4v) is 4.47. The highest BCUT2D eigenvalue weighted by Gasteiger charge is 2.21. The van der Waals surface area contributed by atoms with Crippen LogP contribution in [0.5, 0.6) is 0 Å². The lowest BCUT2D eigenvalue weighted by Crippen LogP contribution is -2.43. The van der Waals surface area contributed by atoms with Gasteiger partial charge in [0.05, 0.1) is 23.8 Å². The molecule has 4 heterocycles. The van der Waals surface area contributed by atoms with Crippen LogP contribution in [0.15, 0.2) is 35.4 Å². The van der Waals surface area contributed by atoms with Gasteiger partial charge in [-0.05, 0) is 50.6 Å². The topological polar surface area (TPSA) is 105 Å². The number of hydrogen-bond acceptors (Lipinski definition) is 7. The van der Waals surface area contributed by atoms with Crippen LogP contribution in [0.1, 0.15) is 30.7 Å². The molecule has 1 saturated heterocycles. The lowest BCUT2D eigenvalue weighted by molar-refractivity contribution is -0.116. The van der Waals surface area contributed by atoms with Crippen molar-refractivity contribution >= 4 is 22.8 Å². The van der Waals surface area contributed by atoms with Gasteiger partial charge in [0.15, 0.2) is 0 Å². The molecule has 0 unspecified atom stereocenters.